The van der Waals surface area contributed by atoms with Crippen LogP contribution in [0.15, 0.2) is 18.2 Å². The molecule has 13 heavy (non-hydrogen) atoms. The second kappa shape index (κ2) is 6.19. The number of benzene rings is 1. The zero-order valence-electron chi connectivity index (χ0n) is 9.11. The third-order valence-corrected chi connectivity index (χ3v) is 1.44. The molecule has 1 aromatic carbocycles. The van der Waals surface area contributed by atoms with E-state index in [-0.39, 0.29) is 52.8 Å². The third kappa shape index (κ3) is 5.17. The van der Waals surface area contributed by atoms with Gasteiger partial charge in [0.1, 0.15) is 5.75 Å². The molecule has 0 atom stereocenters. The van der Waals surface area contributed by atoms with E-state index in [4.69, 9.17) is 10.0 Å². The molecule has 0 aliphatic carbocycles. The van der Waals surface area contributed by atoms with Gasteiger partial charge in [-0.25, -0.2) is 0 Å². The summed E-state index contributed by atoms with van der Waals surface area (Å²) in [4.78, 5) is 0. The van der Waals surface area contributed by atoms with Crippen molar-refractivity contribution in [1.82, 2.24) is 0 Å². The van der Waals surface area contributed by atoms with Crippen LogP contribution in [0, 0.1) is 13.8 Å². The predicted molar refractivity (Wildman–Crippen MR) is 47.8 cm³/mol. The standard InChI is InChI=1S/C8H11BO3.K.H/c1-6-3-7(2)5-8(4-6)12-9(10)11;;/h3-5,10-11H,1-2H3;;/q;+1;-1. The summed E-state index contributed by atoms with van der Waals surface area (Å²) in [6.45, 7) is 3.84. The zero-order chi connectivity index (χ0) is 9.14. The molecule has 0 saturated heterocycles. The maximum Gasteiger partial charge on any atom is 1.00 e. The number of hydrogen-bond donors (Lipinski definition) is 2. The van der Waals surface area contributed by atoms with Crippen molar-refractivity contribution in [3.8, 4) is 5.75 Å². The average molecular weight is 206 g/mol. The van der Waals surface area contributed by atoms with Gasteiger partial charge in [-0.05, 0) is 37.1 Å². The second-order valence-electron chi connectivity index (χ2n) is 2.77. The van der Waals surface area contributed by atoms with E-state index in [0.29, 0.717) is 5.75 Å². The molecule has 0 fully saturated rings. The van der Waals surface area contributed by atoms with Crippen LogP contribution in [-0.4, -0.2) is 17.4 Å². The van der Waals surface area contributed by atoms with Crippen molar-refractivity contribution < 1.29 is 67.5 Å². The molecule has 0 radical (unpaired) electrons. The second-order valence-corrected chi connectivity index (χ2v) is 2.77. The molecule has 0 saturated carbocycles. The molecule has 0 heterocycles. The molecule has 5 heteroatoms. The van der Waals surface area contributed by atoms with Crippen LogP contribution in [0.4, 0.5) is 0 Å². The Balaban J connectivity index is 0. The Kier molecular flexibility index (Phi) is 6.49. The van der Waals surface area contributed by atoms with E-state index >= 15 is 0 Å². The summed E-state index contributed by atoms with van der Waals surface area (Å²) in [5.74, 6) is 0.475. The first kappa shape index (κ1) is 13.6. The van der Waals surface area contributed by atoms with E-state index < -0.39 is 7.32 Å². The molecule has 0 aliphatic rings. The van der Waals surface area contributed by atoms with Gasteiger partial charge in [0.2, 0.25) is 0 Å². The van der Waals surface area contributed by atoms with Gasteiger partial charge in [0, 0.05) is 0 Å². The van der Waals surface area contributed by atoms with Crippen LogP contribution in [-0.2, 0) is 0 Å². The number of aryl methyl sites for hydroxylation is 2. The maximum atomic E-state index is 8.52. The monoisotopic (exact) mass is 206 g/mol. The van der Waals surface area contributed by atoms with Crippen LogP contribution in [0.1, 0.15) is 12.6 Å². The fourth-order valence-electron chi connectivity index (χ4n) is 1.12. The minimum atomic E-state index is -1.74. The van der Waals surface area contributed by atoms with Crippen molar-refractivity contribution in [2.45, 2.75) is 13.8 Å². The fourth-order valence-corrected chi connectivity index (χ4v) is 1.12. The third-order valence-electron chi connectivity index (χ3n) is 1.44. The van der Waals surface area contributed by atoms with Gasteiger partial charge in [0.15, 0.2) is 0 Å². The normalized spacial score (nSPS) is 8.92. The molecular formula is C8H12BKO3. The Morgan fingerprint density at radius 2 is 1.62 bits per heavy atom. The van der Waals surface area contributed by atoms with Gasteiger partial charge in [0.05, 0.1) is 0 Å². The van der Waals surface area contributed by atoms with E-state index in [1.807, 2.05) is 19.9 Å². The van der Waals surface area contributed by atoms with Gasteiger partial charge in [-0.1, -0.05) is 6.07 Å². The number of rotatable bonds is 2. The summed E-state index contributed by atoms with van der Waals surface area (Å²) >= 11 is 0. The van der Waals surface area contributed by atoms with Gasteiger partial charge < -0.3 is 16.1 Å². The van der Waals surface area contributed by atoms with Crippen molar-refractivity contribution >= 4 is 7.32 Å². The molecule has 66 valence electrons. The quantitative estimate of drug-likeness (QED) is 0.538. The van der Waals surface area contributed by atoms with Crippen LogP contribution >= 0.6 is 0 Å². The Morgan fingerprint density at radius 1 is 1.15 bits per heavy atom. The largest absolute Gasteiger partial charge is 1.00 e. The molecule has 0 aromatic heterocycles. The summed E-state index contributed by atoms with van der Waals surface area (Å²) in [7, 11) is -1.74. The molecule has 0 amide bonds. The molecule has 1 aromatic rings. The van der Waals surface area contributed by atoms with Gasteiger partial charge in [-0.15, -0.1) is 0 Å². The van der Waals surface area contributed by atoms with E-state index in [2.05, 4.69) is 4.65 Å². The van der Waals surface area contributed by atoms with Gasteiger partial charge >= 0.3 is 58.7 Å². The SMILES string of the molecule is Cc1cc(C)cc(OB(O)O)c1.[H-].[K+]. The van der Waals surface area contributed by atoms with Crippen molar-refractivity contribution in [3.05, 3.63) is 29.3 Å². The summed E-state index contributed by atoms with van der Waals surface area (Å²) in [5, 5.41) is 17.0. The Morgan fingerprint density at radius 3 is 2.00 bits per heavy atom. The Labute approximate surface area is 122 Å². The zero-order valence-corrected chi connectivity index (χ0v) is 11.2. The molecule has 2 N–H and O–H groups in total. The van der Waals surface area contributed by atoms with Crippen molar-refractivity contribution in [1.29, 1.82) is 0 Å². The van der Waals surface area contributed by atoms with Crippen LogP contribution < -0.4 is 56.0 Å². The van der Waals surface area contributed by atoms with E-state index in [1.165, 1.54) is 0 Å². The van der Waals surface area contributed by atoms with Crippen LogP contribution in [0.3, 0.4) is 0 Å². The average Bonchev–Trinajstić information content (AvgIpc) is 1.81. The summed E-state index contributed by atoms with van der Waals surface area (Å²) in [6, 6.07) is 5.47. The van der Waals surface area contributed by atoms with E-state index in [9.17, 15) is 0 Å². The first-order chi connectivity index (χ1) is 5.58. The van der Waals surface area contributed by atoms with Gasteiger partial charge in [-0.2, -0.15) is 0 Å². The Bertz CT molecular complexity index is 263. The first-order valence-corrected chi connectivity index (χ1v) is 3.69. The van der Waals surface area contributed by atoms with Gasteiger partial charge in [0.25, 0.3) is 0 Å². The molecule has 3 nitrogen and oxygen atoms in total. The minimum Gasteiger partial charge on any atom is -1.00 e. The number of hydrogen-bond acceptors (Lipinski definition) is 3. The van der Waals surface area contributed by atoms with E-state index in [1.54, 1.807) is 12.1 Å². The first-order valence-electron chi connectivity index (χ1n) is 3.69. The van der Waals surface area contributed by atoms with Crippen LogP contribution in [0.2, 0.25) is 0 Å². The summed E-state index contributed by atoms with van der Waals surface area (Å²) in [5.41, 5.74) is 2.07. The molecule has 0 unspecified atom stereocenters. The van der Waals surface area contributed by atoms with Crippen molar-refractivity contribution in [2.24, 2.45) is 0 Å². The molecule has 1 rings (SSSR count). The topological polar surface area (TPSA) is 49.7 Å². The smallest absolute Gasteiger partial charge is 1.00 e. The summed E-state index contributed by atoms with van der Waals surface area (Å²) in [6.07, 6.45) is 0. The van der Waals surface area contributed by atoms with Crippen LogP contribution in [0.5, 0.6) is 5.75 Å². The predicted octanol–water partition coefficient (Wildman–Crippen LogP) is -2.23. The van der Waals surface area contributed by atoms with Gasteiger partial charge in [-0.3, -0.25) is 0 Å². The molecule has 0 bridgehead atoms. The van der Waals surface area contributed by atoms with Crippen molar-refractivity contribution in [2.75, 3.05) is 0 Å². The van der Waals surface area contributed by atoms with Crippen molar-refractivity contribution in [3.63, 3.8) is 0 Å². The fraction of sp³-hybridized carbons (Fsp3) is 0.250. The molecule has 0 spiro atoms. The molecule has 0 aliphatic heterocycles. The van der Waals surface area contributed by atoms with Crippen LogP contribution in [0.25, 0.3) is 0 Å². The maximum absolute atomic E-state index is 8.52. The Hall–Kier alpha value is 0.641. The minimum absolute atomic E-state index is 0. The molecular weight excluding hydrogens is 194 g/mol. The van der Waals surface area contributed by atoms with E-state index in [0.717, 1.165) is 11.1 Å². The summed E-state index contributed by atoms with van der Waals surface area (Å²) < 4.78 is 4.69.